The van der Waals surface area contributed by atoms with Crippen molar-refractivity contribution in [2.24, 2.45) is 0 Å². The Hall–Kier alpha value is -2.32. The van der Waals surface area contributed by atoms with Gasteiger partial charge in [0.15, 0.2) is 0 Å². The number of hydrogen-bond acceptors (Lipinski definition) is 5. The van der Waals surface area contributed by atoms with E-state index in [9.17, 15) is 9.59 Å². The van der Waals surface area contributed by atoms with Crippen LogP contribution in [0, 0.1) is 0 Å². The SMILES string of the molecule is CCCN(CC(=O)Nc1ccc(N2CCOCC2)cc1)CC(=O)Nc1ccc(Cl)cc1Cl. The van der Waals surface area contributed by atoms with Crippen molar-refractivity contribution in [3.63, 3.8) is 0 Å². The number of halogens is 2. The molecule has 1 saturated heterocycles. The molecular formula is C23H28Cl2N4O3. The van der Waals surface area contributed by atoms with E-state index in [0.29, 0.717) is 22.3 Å². The fourth-order valence-corrected chi connectivity index (χ4v) is 3.95. The summed E-state index contributed by atoms with van der Waals surface area (Å²) >= 11 is 12.0. The van der Waals surface area contributed by atoms with Crippen molar-refractivity contribution in [3.8, 4) is 0 Å². The highest BCUT2D eigenvalue weighted by Gasteiger charge is 2.16. The molecule has 2 amide bonds. The third kappa shape index (κ3) is 7.38. The summed E-state index contributed by atoms with van der Waals surface area (Å²) in [5, 5.41) is 6.54. The molecule has 0 aliphatic carbocycles. The first-order chi connectivity index (χ1) is 15.4. The monoisotopic (exact) mass is 478 g/mol. The third-order valence-corrected chi connectivity index (χ3v) is 5.55. The smallest absolute Gasteiger partial charge is 0.238 e. The molecular weight excluding hydrogens is 451 g/mol. The second-order valence-electron chi connectivity index (χ2n) is 7.58. The number of anilines is 3. The molecule has 1 aliphatic heterocycles. The summed E-state index contributed by atoms with van der Waals surface area (Å²) in [6.07, 6.45) is 0.816. The van der Waals surface area contributed by atoms with Crippen molar-refractivity contribution >= 4 is 52.1 Å². The number of nitrogens with one attached hydrogen (secondary N) is 2. The zero-order valence-corrected chi connectivity index (χ0v) is 19.6. The zero-order chi connectivity index (χ0) is 22.9. The summed E-state index contributed by atoms with van der Waals surface area (Å²) in [5.74, 6) is -0.416. The van der Waals surface area contributed by atoms with Crippen LogP contribution < -0.4 is 15.5 Å². The molecule has 1 aliphatic rings. The number of carbonyl (C=O) groups is 2. The molecule has 32 heavy (non-hydrogen) atoms. The number of nitrogens with zero attached hydrogens (tertiary/aromatic N) is 2. The largest absolute Gasteiger partial charge is 0.378 e. The van der Waals surface area contributed by atoms with Gasteiger partial charge in [-0.2, -0.15) is 0 Å². The second-order valence-corrected chi connectivity index (χ2v) is 8.42. The fraction of sp³-hybridized carbons (Fsp3) is 0.391. The van der Waals surface area contributed by atoms with Crippen molar-refractivity contribution < 1.29 is 14.3 Å². The summed E-state index contributed by atoms with van der Waals surface area (Å²) < 4.78 is 5.38. The third-order valence-electron chi connectivity index (χ3n) is 5.01. The van der Waals surface area contributed by atoms with Crippen LogP contribution in [0.1, 0.15) is 13.3 Å². The quantitative estimate of drug-likeness (QED) is 0.566. The Morgan fingerprint density at radius 2 is 1.66 bits per heavy atom. The lowest BCUT2D eigenvalue weighted by atomic mass is 10.2. The Balaban J connectivity index is 1.52. The predicted octanol–water partition coefficient (Wildman–Crippen LogP) is 4.12. The van der Waals surface area contributed by atoms with E-state index < -0.39 is 0 Å². The Morgan fingerprint density at radius 1 is 1.00 bits per heavy atom. The van der Waals surface area contributed by atoms with E-state index >= 15 is 0 Å². The minimum absolute atomic E-state index is 0.0795. The molecule has 2 aromatic rings. The molecule has 0 saturated carbocycles. The Morgan fingerprint density at radius 3 is 2.28 bits per heavy atom. The molecule has 0 radical (unpaired) electrons. The molecule has 3 rings (SSSR count). The summed E-state index contributed by atoms with van der Waals surface area (Å²) in [6, 6.07) is 12.7. The van der Waals surface area contributed by atoms with Gasteiger partial charge < -0.3 is 20.3 Å². The van der Waals surface area contributed by atoms with Gasteiger partial charge in [0.25, 0.3) is 0 Å². The molecule has 0 aromatic heterocycles. The van der Waals surface area contributed by atoms with Crippen LogP contribution in [0.25, 0.3) is 0 Å². The van der Waals surface area contributed by atoms with Crippen molar-refractivity contribution in [2.75, 3.05) is 61.5 Å². The molecule has 1 fully saturated rings. The van der Waals surface area contributed by atoms with Gasteiger partial charge in [0.2, 0.25) is 11.8 Å². The Kier molecular flexibility index (Phi) is 9.17. The lowest BCUT2D eigenvalue weighted by molar-refractivity contribution is -0.120. The van der Waals surface area contributed by atoms with Crippen LogP contribution in [0.15, 0.2) is 42.5 Å². The summed E-state index contributed by atoms with van der Waals surface area (Å²) in [6.45, 7) is 5.99. The molecule has 7 nitrogen and oxygen atoms in total. The average molecular weight is 479 g/mol. The van der Waals surface area contributed by atoms with Gasteiger partial charge in [-0.1, -0.05) is 30.1 Å². The maximum absolute atomic E-state index is 12.6. The van der Waals surface area contributed by atoms with Gasteiger partial charge in [-0.05, 0) is 55.4 Å². The molecule has 2 aromatic carbocycles. The number of morpholine rings is 1. The molecule has 1 heterocycles. The number of rotatable bonds is 9. The molecule has 0 atom stereocenters. The molecule has 0 bridgehead atoms. The highest BCUT2D eigenvalue weighted by atomic mass is 35.5. The first kappa shape index (κ1) is 24.3. The number of benzene rings is 2. The topological polar surface area (TPSA) is 73.9 Å². The first-order valence-corrected chi connectivity index (χ1v) is 11.4. The van der Waals surface area contributed by atoms with Gasteiger partial charge in [0, 0.05) is 29.5 Å². The average Bonchev–Trinajstić information content (AvgIpc) is 2.77. The molecule has 9 heteroatoms. The zero-order valence-electron chi connectivity index (χ0n) is 18.1. The van der Waals surface area contributed by atoms with Gasteiger partial charge in [-0.25, -0.2) is 0 Å². The van der Waals surface area contributed by atoms with E-state index in [1.807, 2.05) is 31.2 Å². The molecule has 172 valence electrons. The van der Waals surface area contributed by atoms with Crippen LogP contribution in [0.5, 0.6) is 0 Å². The van der Waals surface area contributed by atoms with Crippen LogP contribution in [-0.4, -0.2) is 62.7 Å². The van der Waals surface area contributed by atoms with Gasteiger partial charge >= 0.3 is 0 Å². The number of amides is 2. The van der Waals surface area contributed by atoms with Crippen molar-refractivity contribution in [3.05, 3.63) is 52.5 Å². The minimum atomic E-state index is -0.245. The van der Waals surface area contributed by atoms with E-state index in [4.69, 9.17) is 27.9 Å². The van der Waals surface area contributed by atoms with Crippen molar-refractivity contribution in [2.45, 2.75) is 13.3 Å². The number of ether oxygens (including phenoxy) is 1. The van der Waals surface area contributed by atoms with Gasteiger partial charge in [0.05, 0.1) is 37.0 Å². The van der Waals surface area contributed by atoms with Crippen LogP contribution in [0.3, 0.4) is 0 Å². The van der Waals surface area contributed by atoms with Crippen LogP contribution in [0.2, 0.25) is 10.0 Å². The van der Waals surface area contributed by atoms with Crippen LogP contribution >= 0.6 is 23.2 Å². The standard InChI is InChI=1S/C23H28Cl2N4O3/c1-2-9-28(16-23(31)27-21-8-3-17(24)14-20(21)25)15-22(30)26-18-4-6-19(7-5-18)29-10-12-32-13-11-29/h3-8,14H,2,9-13,15-16H2,1H3,(H,26,30)(H,27,31). The highest BCUT2D eigenvalue weighted by Crippen LogP contribution is 2.25. The van der Waals surface area contributed by atoms with E-state index in [-0.39, 0.29) is 24.9 Å². The van der Waals surface area contributed by atoms with Gasteiger partial charge in [0.1, 0.15) is 0 Å². The number of carbonyl (C=O) groups excluding carboxylic acids is 2. The second kappa shape index (κ2) is 12.1. The summed E-state index contributed by atoms with van der Waals surface area (Å²) in [5.41, 5.74) is 2.32. The lowest BCUT2D eigenvalue weighted by Crippen LogP contribution is -2.39. The minimum Gasteiger partial charge on any atom is -0.378 e. The first-order valence-electron chi connectivity index (χ1n) is 10.6. The van der Waals surface area contributed by atoms with Crippen LogP contribution in [-0.2, 0) is 14.3 Å². The van der Waals surface area contributed by atoms with Gasteiger partial charge in [-0.15, -0.1) is 0 Å². The highest BCUT2D eigenvalue weighted by molar-refractivity contribution is 6.36. The van der Waals surface area contributed by atoms with Gasteiger partial charge in [-0.3, -0.25) is 14.5 Å². The van der Waals surface area contributed by atoms with E-state index in [0.717, 1.165) is 44.1 Å². The Labute approximate surface area is 198 Å². The summed E-state index contributed by atoms with van der Waals surface area (Å²) in [4.78, 5) is 29.1. The lowest BCUT2D eigenvalue weighted by Gasteiger charge is -2.29. The van der Waals surface area contributed by atoms with Crippen molar-refractivity contribution in [1.29, 1.82) is 0 Å². The van der Waals surface area contributed by atoms with E-state index in [2.05, 4.69) is 15.5 Å². The fourth-order valence-electron chi connectivity index (χ4n) is 3.49. The molecule has 0 spiro atoms. The predicted molar refractivity (Wildman–Crippen MR) is 130 cm³/mol. The Bertz CT molecular complexity index is 918. The summed E-state index contributed by atoms with van der Waals surface area (Å²) in [7, 11) is 0. The van der Waals surface area contributed by atoms with Crippen LogP contribution in [0.4, 0.5) is 17.1 Å². The van der Waals surface area contributed by atoms with Crippen molar-refractivity contribution in [1.82, 2.24) is 4.90 Å². The maximum atomic E-state index is 12.6. The van der Waals surface area contributed by atoms with E-state index in [1.54, 1.807) is 23.1 Å². The maximum Gasteiger partial charge on any atom is 0.238 e. The normalized spacial score (nSPS) is 13.8. The van der Waals surface area contributed by atoms with E-state index in [1.165, 1.54) is 0 Å². The molecule has 2 N–H and O–H groups in total. The molecule has 0 unspecified atom stereocenters. The number of hydrogen-bond donors (Lipinski definition) is 2.